The second kappa shape index (κ2) is 25.9. The van der Waals surface area contributed by atoms with Gasteiger partial charge < -0.3 is 81.8 Å². The minimum atomic E-state index is -2.07. The van der Waals surface area contributed by atoms with Crippen molar-refractivity contribution in [2.24, 2.45) is 17.1 Å². The number of aliphatic hydroxyl groups is 3. The molecule has 9 atom stereocenters. The Bertz CT molecular complexity index is 3150. The van der Waals surface area contributed by atoms with Gasteiger partial charge in [0, 0.05) is 48.5 Å². The summed E-state index contributed by atoms with van der Waals surface area (Å²) in [5.41, 5.74) is 5.08. The number of hydrogen-bond acceptors (Lipinski definition) is 18. The van der Waals surface area contributed by atoms with Crippen LogP contribution in [0.4, 0.5) is 9.18 Å². The summed E-state index contributed by atoms with van der Waals surface area (Å²) in [5, 5.41) is 50.9. The number of primary amides is 1. The van der Waals surface area contributed by atoms with E-state index in [0.29, 0.717) is 51.8 Å². The number of ether oxygens (including phenoxy) is 4. The predicted molar refractivity (Wildman–Crippen MR) is 289 cm³/mol. The number of halogens is 1. The van der Waals surface area contributed by atoms with E-state index in [1.807, 2.05) is 0 Å². The van der Waals surface area contributed by atoms with Crippen LogP contribution in [0.5, 0.6) is 0 Å². The number of carbonyl (C=O) groups is 9. The molecule has 452 valence electrons. The summed E-state index contributed by atoms with van der Waals surface area (Å²) in [4.78, 5) is 136. The van der Waals surface area contributed by atoms with Crippen molar-refractivity contribution in [3.05, 3.63) is 61.7 Å². The second-order valence-corrected chi connectivity index (χ2v) is 22.3. The average molecular weight is 1170 g/mol. The zero-order valence-corrected chi connectivity index (χ0v) is 47.5. The van der Waals surface area contributed by atoms with Crippen LogP contribution >= 0.6 is 0 Å². The summed E-state index contributed by atoms with van der Waals surface area (Å²) in [5.74, 6) is -6.84. The summed E-state index contributed by atoms with van der Waals surface area (Å²) < 4.78 is 38.0. The van der Waals surface area contributed by atoms with Gasteiger partial charge in [-0.2, -0.15) is 0 Å². The Labute approximate surface area is 476 Å². The highest BCUT2D eigenvalue weighted by Gasteiger charge is 2.47. The number of fused-ring (bicyclic) bond motifs is 5. The lowest BCUT2D eigenvalue weighted by molar-refractivity contribution is -0.172. The van der Waals surface area contributed by atoms with Crippen molar-refractivity contribution < 1.29 is 81.8 Å². The Morgan fingerprint density at radius 1 is 0.928 bits per heavy atom. The first-order chi connectivity index (χ1) is 39.1. The molecule has 1 saturated heterocycles. The molecular weight excluding hydrogens is 1090 g/mol. The maximum absolute atomic E-state index is 15.5. The SMILES string of the molecule is CC[C@@]1(O)C(=O)OCc2c1cc1n(c2=O)Cc2c-1nc1cc(F)c(C)c3c1c2[C@@H](NC(=O)C(C)(C)COCNC(=O)[C@H](C)NC(=O)[C@@H](NC(=O)[C@H](CCC(=O)NC[C@H]1O[C@@H](CC(N)=O)[C@H](O)[C@@H]1O)NC(=O)CCNC(=O)OC)C(C)C)CC3. The summed E-state index contributed by atoms with van der Waals surface area (Å²) >= 11 is 0. The lowest BCUT2D eigenvalue weighted by atomic mass is 9.81. The molecule has 0 unspecified atom stereocenters. The number of aryl methyl sites for hydroxylation is 1. The normalized spacial score (nSPS) is 21.5. The number of aromatic nitrogens is 2. The summed E-state index contributed by atoms with van der Waals surface area (Å²) in [6, 6.07) is -1.63. The first-order valence-corrected chi connectivity index (χ1v) is 27.4. The third kappa shape index (κ3) is 13.6. The minimum Gasteiger partial charge on any atom is -0.458 e. The van der Waals surface area contributed by atoms with Crippen LogP contribution in [0.15, 0.2) is 16.9 Å². The van der Waals surface area contributed by atoms with Gasteiger partial charge in [-0.25, -0.2) is 19.0 Å². The van der Waals surface area contributed by atoms with E-state index in [1.54, 1.807) is 47.6 Å². The van der Waals surface area contributed by atoms with Gasteiger partial charge in [0.2, 0.25) is 41.4 Å². The van der Waals surface area contributed by atoms with E-state index in [1.165, 1.54) is 17.6 Å². The van der Waals surface area contributed by atoms with Crippen molar-refractivity contribution in [1.29, 1.82) is 0 Å². The van der Waals surface area contributed by atoms with Gasteiger partial charge in [-0.3, -0.25) is 38.4 Å². The summed E-state index contributed by atoms with van der Waals surface area (Å²) in [7, 11) is 1.13. The van der Waals surface area contributed by atoms with Crippen LogP contribution in [-0.4, -0.2) is 154 Å². The number of cyclic esters (lactones) is 1. The fourth-order valence-electron chi connectivity index (χ4n) is 10.7. The van der Waals surface area contributed by atoms with E-state index >= 15 is 4.39 Å². The van der Waals surface area contributed by atoms with Crippen molar-refractivity contribution >= 4 is 64.3 Å². The van der Waals surface area contributed by atoms with E-state index in [2.05, 4.69) is 42.0 Å². The summed E-state index contributed by atoms with van der Waals surface area (Å²) in [6.45, 7) is 9.82. The molecule has 12 N–H and O–H groups in total. The number of benzene rings is 1. The van der Waals surface area contributed by atoms with Crippen molar-refractivity contribution in [3.8, 4) is 11.4 Å². The molecule has 83 heavy (non-hydrogen) atoms. The van der Waals surface area contributed by atoms with E-state index in [0.717, 1.165) is 12.7 Å². The summed E-state index contributed by atoms with van der Waals surface area (Å²) in [6.07, 6.45) is -6.55. The molecule has 1 aromatic carbocycles. The van der Waals surface area contributed by atoms with Crippen LogP contribution in [0.1, 0.15) is 119 Å². The molecule has 28 heteroatoms. The molecule has 0 bridgehead atoms. The molecular formula is C55H73FN10O17. The van der Waals surface area contributed by atoms with Crippen LogP contribution in [0.25, 0.3) is 22.3 Å². The van der Waals surface area contributed by atoms with Crippen molar-refractivity contribution in [1.82, 2.24) is 46.8 Å². The molecule has 2 aromatic heterocycles. The van der Waals surface area contributed by atoms with Gasteiger partial charge in [-0.05, 0) is 82.1 Å². The third-order valence-corrected chi connectivity index (χ3v) is 15.6. The molecule has 0 saturated carbocycles. The maximum Gasteiger partial charge on any atom is 0.406 e. The number of aliphatic hydroxyl groups excluding tert-OH is 2. The number of esters is 1. The number of nitrogens with zero attached hydrogens (tertiary/aromatic N) is 2. The Balaban J connectivity index is 0.949. The van der Waals surface area contributed by atoms with Crippen LogP contribution in [0, 0.1) is 24.1 Å². The number of hydrogen-bond donors (Lipinski definition) is 11. The number of pyridine rings is 2. The fourth-order valence-corrected chi connectivity index (χ4v) is 10.7. The first-order valence-electron chi connectivity index (χ1n) is 27.4. The van der Waals surface area contributed by atoms with Gasteiger partial charge in [-0.15, -0.1) is 0 Å². The van der Waals surface area contributed by atoms with E-state index in [4.69, 9.17) is 24.9 Å². The Hall–Kier alpha value is -7.66. The topological polar surface area (TPSA) is 396 Å². The molecule has 1 fully saturated rings. The van der Waals surface area contributed by atoms with Crippen molar-refractivity contribution in [2.45, 2.75) is 161 Å². The monoisotopic (exact) mass is 1160 g/mol. The number of carbonyl (C=O) groups excluding carboxylic acids is 9. The number of amides is 8. The molecule has 0 spiro atoms. The van der Waals surface area contributed by atoms with E-state index in [-0.39, 0.29) is 76.1 Å². The zero-order chi connectivity index (χ0) is 61.0. The molecule has 0 radical (unpaired) electrons. The largest absolute Gasteiger partial charge is 0.458 e. The number of alkyl carbamates (subject to hydrolysis) is 1. The molecule has 8 amide bonds. The Kier molecular flexibility index (Phi) is 19.6. The number of nitrogens with one attached hydrogen (secondary N) is 7. The zero-order valence-electron chi connectivity index (χ0n) is 47.5. The van der Waals surface area contributed by atoms with Crippen LogP contribution < -0.4 is 48.5 Å². The standard InChI is InChI=1S/C55H73FN10O17/c1-9-55(79)30-16-35-44-28(20-66(35)50(75)29(30)21-82-52(55)77)42-32(11-10-27-25(4)31(56)17-34(63-44)41(27)42)64-51(76)54(6,7)22-81-23-60-47(72)26(5)61-49(74)43(24(2)3)65-48(73)33(62-40(69)14-15-58-53(78)80-8)12-13-39(68)59-19-37-46(71)45(70)36(83-37)18-38(57)67/h16-17,24,26,32-33,36-37,43,45-46,70-71,79H,9-15,18-23H2,1-8H3,(H2,57,67)(H,58,78)(H,59,68)(H,60,72)(H,61,74)(H,62,69)(H,64,76)(H,65,73)/t26-,32-,33-,36-,37+,43-,45-,46+,55-/m0/s1. The smallest absolute Gasteiger partial charge is 0.406 e. The van der Waals surface area contributed by atoms with Gasteiger partial charge in [0.15, 0.2) is 5.60 Å². The molecule has 5 heterocycles. The lowest BCUT2D eigenvalue weighted by Crippen LogP contribution is -2.58. The predicted octanol–water partition coefficient (Wildman–Crippen LogP) is -1.12. The molecule has 3 aromatic rings. The van der Waals surface area contributed by atoms with Crippen molar-refractivity contribution in [3.63, 3.8) is 0 Å². The lowest BCUT2D eigenvalue weighted by Gasteiger charge is -2.32. The highest BCUT2D eigenvalue weighted by molar-refractivity contribution is 5.96. The third-order valence-electron chi connectivity index (χ3n) is 15.6. The van der Waals surface area contributed by atoms with E-state index < -0.39 is 137 Å². The minimum absolute atomic E-state index is 0.0416. The Morgan fingerprint density at radius 2 is 1.64 bits per heavy atom. The van der Waals surface area contributed by atoms with Gasteiger partial charge in [0.25, 0.3) is 5.56 Å². The molecule has 1 aliphatic carbocycles. The number of nitrogens with two attached hydrogens (primary N) is 1. The molecule has 4 aliphatic rings. The van der Waals surface area contributed by atoms with Gasteiger partial charge >= 0.3 is 12.1 Å². The first kappa shape index (κ1) is 62.9. The Morgan fingerprint density at radius 3 is 2.31 bits per heavy atom. The van der Waals surface area contributed by atoms with E-state index in [9.17, 15) is 63.3 Å². The molecule has 7 rings (SSSR count). The van der Waals surface area contributed by atoms with Crippen molar-refractivity contribution in [2.75, 3.05) is 33.5 Å². The average Bonchev–Trinajstić information content (AvgIpc) is 1.86. The molecule has 3 aliphatic heterocycles. The number of methoxy groups -OCH3 is 1. The molecule has 27 nitrogen and oxygen atoms in total. The van der Waals surface area contributed by atoms with Crippen LogP contribution in [0.2, 0.25) is 0 Å². The van der Waals surface area contributed by atoms with Gasteiger partial charge in [0.05, 0.1) is 66.7 Å². The number of rotatable bonds is 24. The maximum atomic E-state index is 15.5. The van der Waals surface area contributed by atoms with Crippen LogP contribution in [0.3, 0.4) is 0 Å². The van der Waals surface area contributed by atoms with Gasteiger partial charge in [-0.1, -0.05) is 20.8 Å². The fraction of sp³-hybridized carbons (Fsp3) is 0.582. The highest BCUT2D eigenvalue weighted by Crippen LogP contribution is 2.46. The second-order valence-electron chi connectivity index (χ2n) is 22.3. The van der Waals surface area contributed by atoms with Crippen LogP contribution in [-0.2, 0) is 82.5 Å². The van der Waals surface area contributed by atoms with Gasteiger partial charge in [0.1, 0.15) is 55.6 Å². The highest BCUT2D eigenvalue weighted by atomic mass is 19.1. The quantitative estimate of drug-likeness (QED) is 0.0225.